The van der Waals surface area contributed by atoms with Crippen LogP contribution in [0.15, 0.2) is 29.2 Å². The van der Waals surface area contributed by atoms with Gasteiger partial charge >= 0.3 is 0 Å². The Morgan fingerprint density at radius 1 is 1.04 bits per heavy atom. The molecule has 2 saturated heterocycles. The van der Waals surface area contributed by atoms with Crippen molar-refractivity contribution in [2.45, 2.75) is 49.5 Å². The van der Waals surface area contributed by atoms with Crippen molar-refractivity contribution in [3.8, 4) is 0 Å². The number of carbonyl (C=O) groups is 1. The molecule has 0 radical (unpaired) electrons. The summed E-state index contributed by atoms with van der Waals surface area (Å²) < 4.78 is 26.8. The van der Waals surface area contributed by atoms with E-state index in [4.69, 9.17) is 5.73 Å². The molecule has 0 saturated carbocycles. The lowest BCUT2D eigenvalue weighted by Gasteiger charge is -2.30. The molecule has 0 bridgehead atoms. The van der Waals surface area contributed by atoms with E-state index in [0.717, 1.165) is 44.2 Å². The molecule has 1 atom stereocenters. The van der Waals surface area contributed by atoms with Crippen LogP contribution in [0.25, 0.3) is 0 Å². The number of amides is 1. The maximum Gasteiger partial charge on any atom is 0.243 e. The van der Waals surface area contributed by atoms with Crippen LogP contribution < -0.4 is 5.73 Å². The van der Waals surface area contributed by atoms with Crippen molar-refractivity contribution in [2.24, 2.45) is 5.73 Å². The van der Waals surface area contributed by atoms with Gasteiger partial charge in [-0.3, -0.25) is 4.79 Å². The van der Waals surface area contributed by atoms with E-state index in [-0.39, 0.29) is 30.8 Å². The Bertz CT molecular complexity index is 703. The second-order valence-electron chi connectivity index (χ2n) is 7.03. The first-order chi connectivity index (χ1) is 12.0. The average molecular weight is 402 g/mol. The molecule has 2 fully saturated rings. The zero-order chi connectivity index (χ0) is 17.9. The highest BCUT2D eigenvalue weighted by Crippen LogP contribution is 2.21. The molecule has 0 aromatic heterocycles. The third kappa shape index (κ3) is 4.97. The first-order valence-corrected chi connectivity index (χ1v) is 10.5. The molecule has 2 aliphatic heterocycles. The quantitative estimate of drug-likeness (QED) is 0.833. The van der Waals surface area contributed by atoms with Crippen LogP contribution in [0.5, 0.6) is 0 Å². The summed E-state index contributed by atoms with van der Waals surface area (Å²) in [7, 11) is -3.41. The summed E-state index contributed by atoms with van der Waals surface area (Å²) in [6, 6.07) is 6.80. The van der Waals surface area contributed by atoms with Crippen molar-refractivity contribution in [1.29, 1.82) is 0 Å². The summed E-state index contributed by atoms with van der Waals surface area (Å²) in [5, 5.41) is 0. The van der Waals surface area contributed by atoms with Gasteiger partial charge in [0, 0.05) is 32.2 Å². The standard InChI is InChI=1S/C18H27N3O3S.ClH/c19-16-5-4-10-20(14-16)18(22)13-15-6-8-17(9-7-15)25(23,24)21-11-2-1-3-12-21;/h6-9,16H,1-5,10-14,19H2;1H. The summed E-state index contributed by atoms with van der Waals surface area (Å²) in [5.41, 5.74) is 6.76. The molecule has 0 spiro atoms. The number of benzene rings is 1. The van der Waals surface area contributed by atoms with Crippen LogP contribution in [-0.4, -0.2) is 55.8 Å². The van der Waals surface area contributed by atoms with Crippen LogP contribution in [0.2, 0.25) is 0 Å². The van der Waals surface area contributed by atoms with Gasteiger partial charge < -0.3 is 10.6 Å². The highest BCUT2D eigenvalue weighted by Gasteiger charge is 2.26. The summed E-state index contributed by atoms with van der Waals surface area (Å²) in [5.74, 6) is 0.0572. The average Bonchev–Trinajstić information content (AvgIpc) is 2.63. The van der Waals surface area contributed by atoms with Gasteiger partial charge in [-0.05, 0) is 43.4 Å². The van der Waals surface area contributed by atoms with Gasteiger partial charge in [0.2, 0.25) is 15.9 Å². The second-order valence-corrected chi connectivity index (χ2v) is 8.97. The fourth-order valence-electron chi connectivity index (χ4n) is 3.56. The minimum absolute atomic E-state index is 0. The molecule has 6 nitrogen and oxygen atoms in total. The van der Waals surface area contributed by atoms with Gasteiger partial charge in [0.1, 0.15) is 0 Å². The third-order valence-corrected chi connectivity index (χ3v) is 6.95. The van der Waals surface area contributed by atoms with E-state index in [9.17, 15) is 13.2 Å². The van der Waals surface area contributed by atoms with Crippen LogP contribution in [0.3, 0.4) is 0 Å². The zero-order valence-corrected chi connectivity index (χ0v) is 16.6. The third-order valence-electron chi connectivity index (χ3n) is 5.04. The van der Waals surface area contributed by atoms with Crippen molar-refractivity contribution < 1.29 is 13.2 Å². The van der Waals surface area contributed by atoms with Crippen molar-refractivity contribution in [3.63, 3.8) is 0 Å². The fourth-order valence-corrected chi connectivity index (χ4v) is 5.07. The van der Waals surface area contributed by atoms with Crippen LogP contribution in [-0.2, 0) is 21.2 Å². The van der Waals surface area contributed by atoms with Gasteiger partial charge in [-0.1, -0.05) is 18.6 Å². The van der Waals surface area contributed by atoms with E-state index in [1.54, 1.807) is 28.6 Å². The Kier molecular flexibility index (Phi) is 7.46. The van der Waals surface area contributed by atoms with Gasteiger partial charge in [-0.25, -0.2) is 8.42 Å². The van der Waals surface area contributed by atoms with Gasteiger partial charge in [0.15, 0.2) is 0 Å². The topological polar surface area (TPSA) is 83.7 Å². The van der Waals surface area contributed by atoms with Gasteiger partial charge in [0.05, 0.1) is 11.3 Å². The number of carbonyl (C=O) groups excluding carboxylic acids is 1. The molecule has 3 rings (SSSR count). The number of hydrogen-bond donors (Lipinski definition) is 1. The highest BCUT2D eigenvalue weighted by molar-refractivity contribution is 7.89. The molecular formula is C18H28ClN3O3S. The molecule has 146 valence electrons. The lowest BCUT2D eigenvalue weighted by atomic mass is 10.1. The van der Waals surface area contributed by atoms with Crippen molar-refractivity contribution >= 4 is 28.3 Å². The predicted octanol–water partition coefficient (Wildman–Crippen LogP) is 1.78. The summed E-state index contributed by atoms with van der Waals surface area (Å²) >= 11 is 0. The molecular weight excluding hydrogens is 374 g/mol. The largest absolute Gasteiger partial charge is 0.341 e. The van der Waals surface area contributed by atoms with Gasteiger partial charge in [0.25, 0.3) is 0 Å². The maximum atomic E-state index is 12.6. The molecule has 1 unspecified atom stereocenters. The Balaban J connectivity index is 0.00000243. The number of sulfonamides is 1. The summed E-state index contributed by atoms with van der Waals surface area (Å²) in [6.45, 7) is 2.56. The molecule has 2 aliphatic rings. The smallest absolute Gasteiger partial charge is 0.243 e. The molecule has 26 heavy (non-hydrogen) atoms. The molecule has 1 amide bonds. The number of nitrogens with two attached hydrogens (primary N) is 1. The number of hydrogen-bond acceptors (Lipinski definition) is 4. The molecule has 1 aromatic rings. The van der Waals surface area contributed by atoms with E-state index < -0.39 is 10.0 Å². The first kappa shape index (κ1) is 21.2. The van der Waals surface area contributed by atoms with E-state index >= 15 is 0 Å². The SMILES string of the molecule is Cl.NC1CCCN(C(=O)Cc2ccc(S(=O)(=O)N3CCCCC3)cc2)C1. The lowest BCUT2D eigenvalue weighted by molar-refractivity contribution is -0.131. The van der Waals surface area contributed by atoms with Crippen LogP contribution in [0.1, 0.15) is 37.7 Å². The monoisotopic (exact) mass is 401 g/mol. The number of rotatable bonds is 4. The van der Waals surface area contributed by atoms with Crippen molar-refractivity contribution in [2.75, 3.05) is 26.2 Å². The van der Waals surface area contributed by atoms with Crippen LogP contribution >= 0.6 is 12.4 Å². The lowest BCUT2D eigenvalue weighted by Crippen LogP contribution is -2.46. The predicted molar refractivity (Wildman–Crippen MR) is 104 cm³/mol. The fraction of sp³-hybridized carbons (Fsp3) is 0.611. The Morgan fingerprint density at radius 2 is 1.69 bits per heavy atom. The number of likely N-dealkylation sites (tertiary alicyclic amines) is 1. The van der Waals surface area contributed by atoms with Crippen LogP contribution in [0, 0.1) is 0 Å². The molecule has 8 heteroatoms. The van der Waals surface area contributed by atoms with Crippen molar-refractivity contribution in [1.82, 2.24) is 9.21 Å². The number of halogens is 1. The van der Waals surface area contributed by atoms with E-state index in [0.29, 0.717) is 24.5 Å². The normalized spacial score (nSPS) is 21.9. The molecule has 1 aromatic carbocycles. The first-order valence-electron chi connectivity index (χ1n) is 9.09. The Hall–Kier alpha value is -1.15. The molecule has 2 N–H and O–H groups in total. The Morgan fingerprint density at radius 3 is 2.31 bits per heavy atom. The molecule has 0 aliphatic carbocycles. The summed E-state index contributed by atoms with van der Waals surface area (Å²) in [4.78, 5) is 14.5. The second kappa shape index (κ2) is 9.17. The number of nitrogens with zero attached hydrogens (tertiary/aromatic N) is 2. The van der Waals surface area contributed by atoms with Crippen molar-refractivity contribution in [3.05, 3.63) is 29.8 Å². The van der Waals surface area contributed by atoms with Crippen LogP contribution in [0.4, 0.5) is 0 Å². The zero-order valence-electron chi connectivity index (χ0n) is 15.0. The van der Waals surface area contributed by atoms with E-state index in [1.807, 2.05) is 4.90 Å². The van der Waals surface area contributed by atoms with E-state index in [1.165, 1.54) is 0 Å². The Labute approximate surface area is 162 Å². The summed E-state index contributed by atoms with van der Waals surface area (Å²) in [6.07, 6.45) is 5.13. The minimum atomic E-state index is -3.41. The molecule has 2 heterocycles. The number of piperidine rings is 2. The minimum Gasteiger partial charge on any atom is -0.341 e. The van der Waals surface area contributed by atoms with Gasteiger partial charge in [-0.15, -0.1) is 12.4 Å². The van der Waals surface area contributed by atoms with E-state index in [2.05, 4.69) is 0 Å². The maximum absolute atomic E-state index is 12.6. The highest BCUT2D eigenvalue weighted by atomic mass is 35.5. The van der Waals surface area contributed by atoms with Gasteiger partial charge in [-0.2, -0.15) is 4.31 Å².